The third-order valence-electron chi connectivity index (χ3n) is 6.66. The highest BCUT2D eigenvalue weighted by atomic mass is 16.5. The van der Waals surface area contributed by atoms with E-state index in [1.807, 2.05) is 13.8 Å². The van der Waals surface area contributed by atoms with E-state index in [2.05, 4.69) is 41.2 Å². The third kappa shape index (κ3) is 6.51. The zero-order valence-corrected chi connectivity index (χ0v) is 20.9. The number of amides is 2. The van der Waals surface area contributed by atoms with Crippen molar-refractivity contribution >= 4 is 18.2 Å². The van der Waals surface area contributed by atoms with Crippen LogP contribution in [0.4, 0.5) is 4.79 Å². The van der Waals surface area contributed by atoms with E-state index in [1.54, 1.807) is 23.2 Å². The molecule has 8 heteroatoms. The SMILES string of the molecule is COC(=O)NC(C)(C)/C=C/n1ncc(C(=O)N[C@H]2C3CCCC2C[C@H](C)C3)c1OCC(C)C. The molecule has 3 rings (SSSR count). The van der Waals surface area contributed by atoms with E-state index in [0.29, 0.717) is 35.8 Å². The highest BCUT2D eigenvalue weighted by Crippen LogP contribution is 2.42. The molecule has 1 heterocycles. The molecule has 2 aliphatic rings. The Morgan fingerprint density at radius 1 is 1.27 bits per heavy atom. The number of hydrogen-bond donors (Lipinski definition) is 2. The average Bonchev–Trinajstić information content (AvgIpc) is 3.14. The van der Waals surface area contributed by atoms with Crippen molar-refractivity contribution in [3.8, 4) is 5.88 Å². The first kappa shape index (κ1) is 25.1. The van der Waals surface area contributed by atoms with Crippen molar-refractivity contribution in [1.29, 1.82) is 0 Å². The van der Waals surface area contributed by atoms with Crippen LogP contribution < -0.4 is 15.4 Å². The van der Waals surface area contributed by atoms with E-state index in [-0.39, 0.29) is 11.9 Å². The maximum atomic E-state index is 13.3. The summed E-state index contributed by atoms with van der Waals surface area (Å²) in [5.74, 6) is 2.42. The van der Waals surface area contributed by atoms with Gasteiger partial charge in [-0.2, -0.15) is 5.10 Å². The highest BCUT2D eigenvalue weighted by molar-refractivity contribution is 5.96. The summed E-state index contributed by atoms with van der Waals surface area (Å²) in [5.41, 5.74) is -0.233. The summed E-state index contributed by atoms with van der Waals surface area (Å²) in [6.07, 6.45) is 10.5. The second-order valence-corrected chi connectivity index (χ2v) is 10.7. The van der Waals surface area contributed by atoms with Crippen molar-refractivity contribution in [1.82, 2.24) is 20.4 Å². The second kappa shape index (κ2) is 10.6. The van der Waals surface area contributed by atoms with Gasteiger partial charge in [-0.1, -0.05) is 27.2 Å². The summed E-state index contributed by atoms with van der Waals surface area (Å²) in [6, 6.07) is 0.225. The quantitative estimate of drug-likeness (QED) is 0.597. The molecule has 2 fully saturated rings. The second-order valence-electron chi connectivity index (χ2n) is 10.7. The molecule has 33 heavy (non-hydrogen) atoms. The predicted octanol–water partition coefficient (Wildman–Crippen LogP) is 4.47. The summed E-state index contributed by atoms with van der Waals surface area (Å²) < 4.78 is 12.3. The maximum Gasteiger partial charge on any atom is 0.407 e. The zero-order valence-electron chi connectivity index (χ0n) is 20.9. The van der Waals surface area contributed by atoms with Crippen LogP contribution in [0.25, 0.3) is 6.20 Å². The van der Waals surface area contributed by atoms with Gasteiger partial charge in [-0.15, -0.1) is 0 Å². The van der Waals surface area contributed by atoms with Gasteiger partial charge in [-0.3, -0.25) is 4.79 Å². The first-order chi connectivity index (χ1) is 15.6. The van der Waals surface area contributed by atoms with Gasteiger partial charge in [0.15, 0.2) is 0 Å². The molecule has 2 aliphatic carbocycles. The molecule has 1 aromatic heterocycles. The van der Waals surface area contributed by atoms with E-state index < -0.39 is 11.6 Å². The minimum atomic E-state index is -0.674. The molecule has 2 N–H and O–H groups in total. The van der Waals surface area contributed by atoms with Crippen LogP contribution in [0.5, 0.6) is 5.88 Å². The number of alkyl carbamates (subject to hydrolysis) is 1. The molecule has 2 atom stereocenters. The van der Waals surface area contributed by atoms with Crippen LogP contribution in [-0.4, -0.2) is 47.1 Å². The molecule has 0 aliphatic heterocycles. The Kier molecular flexibility index (Phi) is 8.08. The third-order valence-corrected chi connectivity index (χ3v) is 6.66. The van der Waals surface area contributed by atoms with Crippen molar-refractivity contribution in [3.63, 3.8) is 0 Å². The van der Waals surface area contributed by atoms with Crippen molar-refractivity contribution in [2.24, 2.45) is 23.7 Å². The van der Waals surface area contributed by atoms with E-state index in [4.69, 9.17) is 4.74 Å². The van der Waals surface area contributed by atoms with Gasteiger partial charge in [0.1, 0.15) is 5.56 Å². The summed E-state index contributed by atoms with van der Waals surface area (Å²) in [5, 5.41) is 10.5. The van der Waals surface area contributed by atoms with Crippen LogP contribution in [0.2, 0.25) is 0 Å². The van der Waals surface area contributed by atoms with Crippen LogP contribution in [0.15, 0.2) is 12.3 Å². The molecular formula is C25H40N4O4. The van der Waals surface area contributed by atoms with Crippen LogP contribution in [0.3, 0.4) is 0 Å². The molecule has 2 unspecified atom stereocenters. The number of rotatable bonds is 8. The fourth-order valence-electron chi connectivity index (χ4n) is 5.12. The Balaban J connectivity index is 1.80. The lowest BCUT2D eigenvalue weighted by molar-refractivity contribution is 0.0685. The standard InChI is InChI=1S/C25H40N4O4/c1-16(2)15-33-23-20(14-26-29(23)11-10-25(4,5)28-24(31)32-6)22(30)27-21-18-8-7-9-19(21)13-17(3)12-18/h10-11,14,16-19,21H,7-9,12-13,15H2,1-6H3,(H,27,30)(H,28,31)/b11-10+/t17-,18?,19?,21+. The maximum absolute atomic E-state index is 13.3. The van der Waals surface area contributed by atoms with Crippen LogP contribution >= 0.6 is 0 Å². The summed E-state index contributed by atoms with van der Waals surface area (Å²) in [6.45, 7) is 10.6. The minimum Gasteiger partial charge on any atom is -0.477 e. The summed E-state index contributed by atoms with van der Waals surface area (Å²) in [4.78, 5) is 24.9. The van der Waals surface area contributed by atoms with Gasteiger partial charge < -0.3 is 20.1 Å². The molecule has 0 radical (unpaired) electrons. The topological polar surface area (TPSA) is 94.5 Å². The molecule has 184 valence electrons. The van der Waals surface area contributed by atoms with E-state index in [1.165, 1.54) is 39.2 Å². The number of carbonyl (C=O) groups is 2. The number of fused-ring (bicyclic) bond motifs is 2. The van der Waals surface area contributed by atoms with Crippen molar-refractivity contribution < 1.29 is 19.1 Å². The lowest BCUT2D eigenvalue weighted by atomic mass is 9.65. The first-order valence-electron chi connectivity index (χ1n) is 12.2. The Labute approximate surface area is 197 Å². The van der Waals surface area contributed by atoms with Gasteiger partial charge >= 0.3 is 6.09 Å². The first-order valence-corrected chi connectivity index (χ1v) is 12.2. The molecule has 1 aromatic rings. The van der Waals surface area contributed by atoms with Gasteiger partial charge in [-0.25, -0.2) is 9.48 Å². The van der Waals surface area contributed by atoms with Gasteiger partial charge in [-0.05, 0) is 69.3 Å². The van der Waals surface area contributed by atoms with Crippen molar-refractivity contribution in [2.45, 2.75) is 78.3 Å². The molecule has 0 aromatic carbocycles. The Hall–Kier alpha value is -2.51. The van der Waals surface area contributed by atoms with E-state index in [0.717, 1.165) is 5.92 Å². The smallest absolute Gasteiger partial charge is 0.407 e. The lowest BCUT2D eigenvalue weighted by Crippen LogP contribution is -2.51. The summed E-state index contributed by atoms with van der Waals surface area (Å²) in [7, 11) is 1.33. The number of ether oxygens (including phenoxy) is 2. The molecule has 2 saturated carbocycles. The number of aromatic nitrogens is 2. The highest BCUT2D eigenvalue weighted by Gasteiger charge is 2.40. The summed E-state index contributed by atoms with van der Waals surface area (Å²) >= 11 is 0. The van der Waals surface area contributed by atoms with Gasteiger partial charge in [0, 0.05) is 12.2 Å². The minimum absolute atomic E-state index is 0.128. The Morgan fingerprint density at radius 3 is 2.55 bits per heavy atom. The van der Waals surface area contributed by atoms with E-state index in [9.17, 15) is 9.59 Å². The van der Waals surface area contributed by atoms with Crippen molar-refractivity contribution in [3.05, 3.63) is 17.8 Å². The number of nitrogens with one attached hydrogen (secondary N) is 2. The fourth-order valence-corrected chi connectivity index (χ4v) is 5.12. The van der Waals surface area contributed by atoms with E-state index >= 15 is 0 Å². The van der Waals surface area contributed by atoms with Crippen molar-refractivity contribution in [2.75, 3.05) is 13.7 Å². The molecule has 0 spiro atoms. The monoisotopic (exact) mass is 460 g/mol. The molecule has 2 amide bonds. The number of hydrogen-bond acceptors (Lipinski definition) is 5. The van der Waals surface area contributed by atoms with Gasteiger partial charge in [0.05, 0.1) is 25.5 Å². The molecule has 2 bridgehead atoms. The van der Waals surface area contributed by atoms with Crippen LogP contribution in [0, 0.1) is 23.7 Å². The molecule has 8 nitrogen and oxygen atoms in total. The average molecular weight is 461 g/mol. The van der Waals surface area contributed by atoms with Gasteiger partial charge in [0.2, 0.25) is 5.88 Å². The zero-order chi connectivity index (χ0) is 24.2. The molecular weight excluding hydrogens is 420 g/mol. The van der Waals surface area contributed by atoms with Gasteiger partial charge in [0.25, 0.3) is 5.91 Å². The Morgan fingerprint density at radius 2 is 1.94 bits per heavy atom. The normalized spacial score (nSPS) is 25.2. The number of nitrogens with zero attached hydrogens (tertiary/aromatic N) is 2. The number of methoxy groups -OCH3 is 1. The van der Waals surface area contributed by atoms with Crippen LogP contribution in [-0.2, 0) is 4.74 Å². The number of carbonyl (C=O) groups excluding carboxylic acids is 2. The largest absolute Gasteiger partial charge is 0.477 e. The lowest BCUT2D eigenvalue weighted by Gasteiger charge is -2.45. The Bertz CT molecular complexity index is 847. The van der Waals surface area contributed by atoms with Crippen LogP contribution in [0.1, 0.15) is 77.1 Å². The predicted molar refractivity (Wildman–Crippen MR) is 128 cm³/mol. The molecule has 0 saturated heterocycles. The fraction of sp³-hybridized carbons (Fsp3) is 0.720.